The molecule has 1 heterocycles. The van der Waals surface area contributed by atoms with Crippen molar-refractivity contribution >= 4 is 28.6 Å². The lowest BCUT2D eigenvalue weighted by molar-refractivity contribution is 0.304. The fourth-order valence-electron chi connectivity index (χ4n) is 4.36. The van der Waals surface area contributed by atoms with Gasteiger partial charge in [0.1, 0.15) is 5.76 Å². The molecule has 0 unspecified atom stereocenters. The highest BCUT2D eigenvalue weighted by Crippen LogP contribution is 2.43. The fourth-order valence-corrected chi connectivity index (χ4v) is 5.59. The Kier molecular flexibility index (Phi) is 7.75. The van der Waals surface area contributed by atoms with Gasteiger partial charge < -0.3 is 10.1 Å². The summed E-state index contributed by atoms with van der Waals surface area (Å²) in [4.78, 5) is 5.91. The van der Waals surface area contributed by atoms with Crippen LogP contribution >= 0.6 is 22.9 Å². The van der Waals surface area contributed by atoms with E-state index < -0.39 is 0 Å². The van der Waals surface area contributed by atoms with E-state index in [0.29, 0.717) is 22.6 Å². The molecule has 0 amide bonds. The fraction of sp³-hybridized carbons (Fsp3) is 0.444. The summed E-state index contributed by atoms with van der Waals surface area (Å²) in [5.74, 6) is 2.68. The molecule has 1 N–H and O–H groups in total. The molecule has 2 aliphatic rings. The van der Waals surface area contributed by atoms with Crippen molar-refractivity contribution < 1.29 is 4.74 Å². The van der Waals surface area contributed by atoms with Gasteiger partial charge in [0.15, 0.2) is 0 Å². The van der Waals surface area contributed by atoms with Gasteiger partial charge in [-0.05, 0) is 81.1 Å². The summed E-state index contributed by atoms with van der Waals surface area (Å²) in [5.41, 5.74) is 3.64. The summed E-state index contributed by atoms with van der Waals surface area (Å²) in [5, 5.41) is 5.65. The molecule has 0 atom stereocenters. The number of thiazole rings is 1. The molecule has 0 radical (unpaired) electrons. The lowest BCUT2D eigenvalue weighted by Gasteiger charge is -2.29. The third kappa shape index (κ3) is 6.05. The van der Waals surface area contributed by atoms with Gasteiger partial charge in [0.05, 0.1) is 22.0 Å². The summed E-state index contributed by atoms with van der Waals surface area (Å²) in [6.07, 6.45) is 13.5. The second-order valence-corrected chi connectivity index (χ2v) is 10.7. The highest BCUT2D eigenvalue weighted by atomic mass is 35.5. The van der Waals surface area contributed by atoms with Gasteiger partial charge in [0.2, 0.25) is 0 Å². The molecule has 1 aromatic carbocycles. The largest absolute Gasteiger partial charge is 0.496 e. The number of methoxy groups -OCH3 is 1. The number of allylic oxidation sites excluding steroid dienone is 4. The lowest BCUT2D eigenvalue weighted by atomic mass is 9.78. The van der Waals surface area contributed by atoms with Crippen molar-refractivity contribution in [2.45, 2.75) is 51.4 Å². The van der Waals surface area contributed by atoms with Crippen molar-refractivity contribution in [2.75, 3.05) is 19.0 Å². The van der Waals surface area contributed by atoms with Crippen molar-refractivity contribution in [3.8, 4) is 10.4 Å². The molecule has 32 heavy (non-hydrogen) atoms. The van der Waals surface area contributed by atoms with Crippen LogP contribution in [0.25, 0.3) is 10.4 Å². The van der Waals surface area contributed by atoms with Gasteiger partial charge in [-0.25, -0.2) is 4.98 Å². The molecule has 2 aromatic rings. The Morgan fingerprint density at radius 3 is 2.69 bits per heavy atom. The Balaban J connectivity index is 1.25. The molecular formula is C27H33ClN2OS. The highest BCUT2D eigenvalue weighted by Gasteiger charge is 2.27. The van der Waals surface area contributed by atoms with Crippen molar-refractivity contribution in [2.24, 2.45) is 11.8 Å². The van der Waals surface area contributed by atoms with Crippen LogP contribution in [-0.2, 0) is 4.74 Å². The van der Waals surface area contributed by atoms with Crippen LogP contribution in [0.3, 0.4) is 0 Å². The number of rotatable bonds is 9. The Morgan fingerprint density at radius 1 is 1.22 bits per heavy atom. The summed E-state index contributed by atoms with van der Waals surface area (Å²) >= 11 is 7.89. The van der Waals surface area contributed by atoms with Crippen LogP contribution in [0.4, 0.5) is 5.69 Å². The maximum atomic E-state index is 6.04. The second-order valence-electron chi connectivity index (χ2n) is 9.03. The van der Waals surface area contributed by atoms with E-state index >= 15 is 0 Å². The van der Waals surface area contributed by atoms with Crippen molar-refractivity contribution in [3.05, 3.63) is 70.6 Å². The van der Waals surface area contributed by atoms with Gasteiger partial charge >= 0.3 is 0 Å². The predicted molar refractivity (Wildman–Crippen MR) is 137 cm³/mol. The molecule has 0 aliphatic heterocycles. The quantitative estimate of drug-likeness (QED) is 0.298. The SMILES string of the molecule is C=C(/C=C\C(OC)=C(/C)Cl)[C@H]1CC[C@H](CNc2cccc(-c3cnc(C4CC4)s3)c2)CC1. The smallest absolute Gasteiger partial charge is 0.133 e. The average Bonchev–Trinajstić information content (AvgIpc) is 3.54. The Labute approximate surface area is 201 Å². The Hall–Kier alpha value is -2.04. The van der Waals surface area contributed by atoms with E-state index in [-0.39, 0.29) is 0 Å². The van der Waals surface area contributed by atoms with Crippen LogP contribution in [0.15, 0.2) is 65.6 Å². The molecule has 4 rings (SSSR count). The van der Waals surface area contributed by atoms with Crippen molar-refractivity contribution in [1.82, 2.24) is 4.98 Å². The molecule has 0 saturated heterocycles. The minimum atomic E-state index is 0.548. The van der Waals surface area contributed by atoms with E-state index in [1.54, 1.807) is 7.11 Å². The molecule has 3 nitrogen and oxygen atoms in total. The summed E-state index contributed by atoms with van der Waals surface area (Å²) in [7, 11) is 1.64. The topological polar surface area (TPSA) is 34.1 Å². The van der Waals surface area contributed by atoms with Gasteiger partial charge in [-0.15, -0.1) is 11.3 Å². The van der Waals surface area contributed by atoms with E-state index in [0.717, 1.165) is 12.5 Å². The van der Waals surface area contributed by atoms with Gasteiger partial charge in [-0.2, -0.15) is 0 Å². The van der Waals surface area contributed by atoms with E-state index in [1.165, 1.54) is 65.2 Å². The summed E-state index contributed by atoms with van der Waals surface area (Å²) in [6, 6.07) is 8.77. The first kappa shape index (κ1) is 23.1. The third-order valence-electron chi connectivity index (χ3n) is 6.57. The van der Waals surface area contributed by atoms with E-state index in [9.17, 15) is 0 Å². The van der Waals surface area contributed by atoms with Crippen LogP contribution in [0.2, 0.25) is 0 Å². The molecule has 1 aromatic heterocycles. The van der Waals surface area contributed by atoms with Gasteiger partial charge in [-0.1, -0.05) is 42.0 Å². The number of hydrogen-bond acceptors (Lipinski definition) is 4. The summed E-state index contributed by atoms with van der Waals surface area (Å²) < 4.78 is 5.30. The first-order chi connectivity index (χ1) is 15.5. The first-order valence-electron chi connectivity index (χ1n) is 11.6. The number of nitrogens with zero attached hydrogens (tertiary/aromatic N) is 1. The number of anilines is 1. The molecule has 0 spiro atoms. The highest BCUT2D eigenvalue weighted by molar-refractivity contribution is 7.15. The molecule has 170 valence electrons. The van der Waals surface area contributed by atoms with E-state index in [2.05, 4.69) is 47.2 Å². The Morgan fingerprint density at radius 2 is 2.00 bits per heavy atom. The number of aromatic nitrogens is 1. The van der Waals surface area contributed by atoms with Gasteiger partial charge in [0, 0.05) is 24.3 Å². The molecular weight excluding hydrogens is 436 g/mol. The zero-order valence-electron chi connectivity index (χ0n) is 19.1. The average molecular weight is 469 g/mol. The number of hydrogen-bond donors (Lipinski definition) is 1. The molecule has 2 aliphatic carbocycles. The minimum Gasteiger partial charge on any atom is -0.496 e. The van der Waals surface area contributed by atoms with Gasteiger partial charge in [0.25, 0.3) is 0 Å². The minimum absolute atomic E-state index is 0.548. The molecule has 2 saturated carbocycles. The maximum absolute atomic E-state index is 6.04. The van der Waals surface area contributed by atoms with Crippen LogP contribution < -0.4 is 5.32 Å². The number of benzene rings is 1. The zero-order valence-corrected chi connectivity index (χ0v) is 20.6. The third-order valence-corrected chi connectivity index (χ3v) is 7.97. The maximum Gasteiger partial charge on any atom is 0.133 e. The van der Waals surface area contributed by atoms with E-state index in [1.807, 2.05) is 30.5 Å². The van der Waals surface area contributed by atoms with Crippen molar-refractivity contribution in [3.63, 3.8) is 0 Å². The van der Waals surface area contributed by atoms with Gasteiger partial charge in [-0.3, -0.25) is 0 Å². The van der Waals surface area contributed by atoms with E-state index in [4.69, 9.17) is 16.3 Å². The number of halogens is 1. The normalized spacial score (nSPS) is 22.0. The Bertz CT molecular complexity index is 993. The lowest BCUT2D eigenvalue weighted by Crippen LogP contribution is -2.21. The zero-order chi connectivity index (χ0) is 22.5. The second kappa shape index (κ2) is 10.7. The van der Waals surface area contributed by atoms with Crippen LogP contribution in [0.1, 0.15) is 56.4 Å². The number of ether oxygens (including phenoxy) is 1. The van der Waals surface area contributed by atoms with Crippen LogP contribution in [0, 0.1) is 11.8 Å². The summed E-state index contributed by atoms with van der Waals surface area (Å²) in [6.45, 7) is 7.15. The van der Waals surface area contributed by atoms with Crippen LogP contribution in [0.5, 0.6) is 0 Å². The molecule has 0 bridgehead atoms. The predicted octanol–water partition coefficient (Wildman–Crippen LogP) is 8.13. The standard InChI is InChI=1S/C27H33ClN2OS/c1-18(7-14-25(31-3)19(2)28)21-10-8-20(9-11-21)16-29-24-6-4-5-23(15-24)26-17-30-27(32-26)22-12-13-22/h4-7,14-15,17,20-22,29H,1,8-13,16H2,2-3H3/b14-7-,25-19-/t20-,21-. The van der Waals surface area contributed by atoms with Crippen molar-refractivity contribution in [1.29, 1.82) is 0 Å². The molecule has 2 fully saturated rings. The monoisotopic (exact) mass is 468 g/mol. The van der Waals surface area contributed by atoms with Crippen LogP contribution in [-0.4, -0.2) is 18.6 Å². The molecule has 5 heteroatoms. The number of nitrogens with one attached hydrogen (secondary N) is 1. The first-order valence-corrected chi connectivity index (χ1v) is 12.8.